The first-order valence-corrected chi connectivity index (χ1v) is 11.2. The zero-order valence-corrected chi connectivity index (χ0v) is 18.7. The molecular formula is C26H36N2O2. The van der Waals surface area contributed by atoms with E-state index < -0.39 is 6.04 Å². The van der Waals surface area contributed by atoms with Crippen molar-refractivity contribution < 1.29 is 9.59 Å². The van der Waals surface area contributed by atoms with Crippen LogP contribution in [0.3, 0.4) is 0 Å². The molecule has 4 nitrogen and oxygen atoms in total. The zero-order valence-electron chi connectivity index (χ0n) is 18.7. The lowest BCUT2D eigenvalue weighted by Crippen LogP contribution is -2.50. The molecule has 0 fully saturated rings. The first-order valence-electron chi connectivity index (χ1n) is 11.2. The summed E-state index contributed by atoms with van der Waals surface area (Å²) in [6.45, 7) is 7.35. The summed E-state index contributed by atoms with van der Waals surface area (Å²) in [7, 11) is 0. The van der Waals surface area contributed by atoms with Crippen LogP contribution in [0.1, 0.15) is 56.2 Å². The number of hydrogen-bond donors (Lipinski definition) is 1. The minimum Gasteiger partial charge on any atom is -0.354 e. The molecule has 1 N–H and O–H groups in total. The number of benzene rings is 2. The van der Waals surface area contributed by atoms with Crippen LogP contribution < -0.4 is 5.32 Å². The van der Waals surface area contributed by atoms with E-state index in [1.807, 2.05) is 25.1 Å². The van der Waals surface area contributed by atoms with Crippen molar-refractivity contribution in [1.29, 1.82) is 0 Å². The molecule has 0 spiro atoms. The van der Waals surface area contributed by atoms with Crippen LogP contribution in [0.2, 0.25) is 0 Å². The Morgan fingerprint density at radius 1 is 0.933 bits per heavy atom. The van der Waals surface area contributed by atoms with Crippen LogP contribution in [0.5, 0.6) is 0 Å². The Morgan fingerprint density at radius 2 is 1.60 bits per heavy atom. The monoisotopic (exact) mass is 408 g/mol. The third-order valence-electron chi connectivity index (χ3n) is 5.45. The molecule has 0 heterocycles. The summed E-state index contributed by atoms with van der Waals surface area (Å²) in [6.07, 6.45) is 4.45. The molecular weight excluding hydrogens is 372 g/mol. The molecule has 0 bridgehead atoms. The van der Waals surface area contributed by atoms with Crippen molar-refractivity contribution in [3.05, 3.63) is 71.3 Å². The fourth-order valence-corrected chi connectivity index (χ4v) is 3.55. The molecule has 0 aliphatic carbocycles. The van der Waals surface area contributed by atoms with Gasteiger partial charge in [0.05, 0.1) is 0 Å². The molecule has 2 amide bonds. The Balaban J connectivity index is 2.08. The van der Waals surface area contributed by atoms with Crippen molar-refractivity contribution in [3.63, 3.8) is 0 Å². The average molecular weight is 409 g/mol. The highest BCUT2D eigenvalue weighted by atomic mass is 16.2. The van der Waals surface area contributed by atoms with E-state index in [4.69, 9.17) is 0 Å². The number of carbonyl (C=O) groups excluding carboxylic acids is 2. The van der Waals surface area contributed by atoms with Crippen molar-refractivity contribution in [3.8, 4) is 0 Å². The highest BCUT2D eigenvalue weighted by Gasteiger charge is 2.27. The van der Waals surface area contributed by atoms with Crippen molar-refractivity contribution >= 4 is 11.8 Å². The molecule has 0 saturated carbocycles. The Kier molecular flexibility index (Phi) is 10.1. The van der Waals surface area contributed by atoms with Gasteiger partial charge >= 0.3 is 0 Å². The summed E-state index contributed by atoms with van der Waals surface area (Å²) >= 11 is 0. The summed E-state index contributed by atoms with van der Waals surface area (Å²) in [5, 5.41) is 3.02. The molecule has 2 rings (SSSR count). The largest absolute Gasteiger partial charge is 0.354 e. The minimum atomic E-state index is -0.420. The number of rotatable bonds is 12. The van der Waals surface area contributed by atoms with E-state index in [1.54, 1.807) is 4.90 Å². The van der Waals surface area contributed by atoms with Gasteiger partial charge in [0.1, 0.15) is 6.04 Å². The molecule has 2 aromatic rings. The van der Waals surface area contributed by atoms with Crippen molar-refractivity contribution in [2.24, 2.45) is 0 Å². The molecule has 0 aromatic heterocycles. The van der Waals surface area contributed by atoms with Gasteiger partial charge < -0.3 is 10.2 Å². The van der Waals surface area contributed by atoms with Gasteiger partial charge in [-0.25, -0.2) is 0 Å². The van der Waals surface area contributed by atoms with Crippen LogP contribution in [0.4, 0.5) is 0 Å². The van der Waals surface area contributed by atoms with Gasteiger partial charge in [0.25, 0.3) is 0 Å². The van der Waals surface area contributed by atoms with Crippen LogP contribution >= 0.6 is 0 Å². The summed E-state index contributed by atoms with van der Waals surface area (Å²) < 4.78 is 0. The third-order valence-corrected chi connectivity index (χ3v) is 5.45. The maximum atomic E-state index is 13.2. The lowest BCUT2D eigenvalue weighted by Gasteiger charge is -2.30. The number of nitrogens with zero attached hydrogens (tertiary/aromatic N) is 1. The van der Waals surface area contributed by atoms with Gasteiger partial charge in [0, 0.05) is 19.5 Å². The standard InChI is InChI=1S/C26H36N2O2/c1-4-6-19-27-26(30)24(5-2)28(20-18-22-10-8-7-9-11-22)25(29)17-16-23-14-12-21(3)13-15-23/h7-15,24H,4-6,16-20H2,1-3H3,(H,27,30). The smallest absolute Gasteiger partial charge is 0.242 e. The first-order chi connectivity index (χ1) is 14.5. The average Bonchev–Trinajstić information content (AvgIpc) is 2.76. The fraction of sp³-hybridized carbons (Fsp3) is 0.462. The Morgan fingerprint density at radius 3 is 2.23 bits per heavy atom. The molecule has 1 unspecified atom stereocenters. The van der Waals surface area contributed by atoms with E-state index in [1.165, 1.54) is 11.1 Å². The summed E-state index contributed by atoms with van der Waals surface area (Å²) in [5.74, 6) is 0.00620. The SMILES string of the molecule is CCCCNC(=O)C(CC)N(CCc1ccccc1)C(=O)CCc1ccc(C)cc1. The number of carbonyl (C=O) groups is 2. The number of aryl methyl sites for hydroxylation is 2. The Labute approximate surface area is 181 Å². The zero-order chi connectivity index (χ0) is 21.8. The van der Waals surface area contributed by atoms with Crippen molar-refractivity contribution in [1.82, 2.24) is 10.2 Å². The molecule has 4 heteroatoms. The number of unbranched alkanes of at least 4 members (excludes halogenated alkanes) is 1. The van der Waals surface area contributed by atoms with E-state index in [9.17, 15) is 9.59 Å². The second kappa shape index (κ2) is 12.8. The molecule has 162 valence electrons. The summed E-state index contributed by atoms with van der Waals surface area (Å²) in [6, 6.07) is 18.0. The van der Waals surface area contributed by atoms with Gasteiger partial charge in [-0.1, -0.05) is 80.4 Å². The van der Waals surface area contributed by atoms with E-state index in [-0.39, 0.29) is 11.8 Å². The predicted octanol–water partition coefficient (Wildman–Crippen LogP) is 4.69. The van der Waals surface area contributed by atoms with Crippen LogP contribution in [0, 0.1) is 6.92 Å². The van der Waals surface area contributed by atoms with E-state index in [0.29, 0.717) is 32.4 Å². The summed E-state index contributed by atoms with van der Waals surface area (Å²) in [5.41, 5.74) is 3.54. The van der Waals surface area contributed by atoms with Gasteiger partial charge in [-0.15, -0.1) is 0 Å². The normalized spacial score (nSPS) is 11.7. The summed E-state index contributed by atoms with van der Waals surface area (Å²) in [4.78, 5) is 27.8. The molecule has 0 radical (unpaired) electrons. The van der Waals surface area contributed by atoms with Gasteiger partial charge in [0.15, 0.2) is 0 Å². The number of hydrogen-bond acceptors (Lipinski definition) is 2. The van der Waals surface area contributed by atoms with Gasteiger partial charge in [-0.2, -0.15) is 0 Å². The topological polar surface area (TPSA) is 49.4 Å². The second-order valence-electron chi connectivity index (χ2n) is 7.88. The fourth-order valence-electron chi connectivity index (χ4n) is 3.55. The van der Waals surface area contributed by atoms with Crippen molar-refractivity contribution in [2.45, 2.75) is 65.3 Å². The Bertz CT molecular complexity index is 771. The van der Waals surface area contributed by atoms with Crippen LogP contribution in [0.15, 0.2) is 54.6 Å². The van der Waals surface area contributed by atoms with Crippen molar-refractivity contribution in [2.75, 3.05) is 13.1 Å². The molecule has 2 aromatic carbocycles. The van der Waals surface area contributed by atoms with E-state index in [2.05, 4.69) is 55.6 Å². The quantitative estimate of drug-likeness (QED) is 0.518. The maximum Gasteiger partial charge on any atom is 0.242 e. The third kappa shape index (κ3) is 7.66. The number of nitrogens with one attached hydrogen (secondary N) is 1. The first kappa shape index (κ1) is 23.7. The second-order valence-corrected chi connectivity index (χ2v) is 7.88. The van der Waals surface area contributed by atoms with Crippen LogP contribution in [-0.2, 0) is 22.4 Å². The van der Waals surface area contributed by atoms with E-state index >= 15 is 0 Å². The van der Waals surface area contributed by atoms with Gasteiger partial charge in [0.2, 0.25) is 11.8 Å². The molecule has 1 atom stereocenters. The molecule has 0 saturated heterocycles. The maximum absolute atomic E-state index is 13.2. The minimum absolute atomic E-state index is 0.0392. The highest BCUT2D eigenvalue weighted by Crippen LogP contribution is 2.13. The molecule has 0 aliphatic heterocycles. The van der Waals surface area contributed by atoms with Crippen LogP contribution in [0.25, 0.3) is 0 Å². The highest BCUT2D eigenvalue weighted by molar-refractivity contribution is 5.87. The lowest BCUT2D eigenvalue weighted by molar-refractivity contribution is -0.140. The van der Waals surface area contributed by atoms with Gasteiger partial charge in [-0.05, 0) is 43.7 Å². The number of amides is 2. The van der Waals surface area contributed by atoms with Gasteiger partial charge in [-0.3, -0.25) is 9.59 Å². The molecule has 30 heavy (non-hydrogen) atoms. The Hall–Kier alpha value is -2.62. The van der Waals surface area contributed by atoms with Crippen LogP contribution in [-0.4, -0.2) is 35.8 Å². The molecule has 0 aliphatic rings. The van der Waals surface area contributed by atoms with E-state index in [0.717, 1.165) is 24.8 Å². The predicted molar refractivity (Wildman–Crippen MR) is 123 cm³/mol. The lowest BCUT2D eigenvalue weighted by atomic mass is 10.0.